The van der Waals surface area contributed by atoms with Crippen LogP contribution in [-0.4, -0.2) is 31.9 Å². The van der Waals surface area contributed by atoms with Crippen molar-refractivity contribution in [1.29, 1.82) is 0 Å². The van der Waals surface area contributed by atoms with Crippen LogP contribution in [0.1, 0.15) is 19.4 Å². The molecule has 0 unspecified atom stereocenters. The number of imide groups is 1. The Labute approximate surface area is 163 Å². The first-order valence-electron chi connectivity index (χ1n) is 8.61. The average molecular weight is 403 g/mol. The van der Waals surface area contributed by atoms with Gasteiger partial charge in [0.15, 0.2) is 0 Å². The molecule has 2 atom stereocenters. The summed E-state index contributed by atoms with van der Waals surface area (Å²) in [6.45, 7) is 4.94. The van der Waals surface area contributed by atoms with E-state index < -0.39 is 33.5 Å². The maximum absolute atomic E-state index is 12.6. The first-order chi connectivity index (χ1) is 13.1. The van der Waals surface area contributed by atoms with Crippen molar-refractivity contribution in [2.24, 2.45) is 0 Å². The highest BCUT2D eigenvalue weighted by atomic mass is 32.2. The van der Waals surface area contributed by atoms with Crippen LogP contribution in [0.3, 0.4) is 0 Å². The van der Waals surface area contributed by atoms with Gasteiger partial charge in [-0.15, -0.1) is 0 Å². The van der Waals surface area contributed by atoms with E-state index in [1.807, 2.05) is 31.2 Å². The number of urea groups is 1. The van der Waals surface area contributed by atoms with Crippen molar-refractivity contribution >= 4 is 22.0 Å². The Hall–Kier alpha value is -2.91. The lowest BCUT2D eigenvalue weighted by Crippen LogP contribution is -2.59. The van der Waals surface area contributed by atoms with Crippen LogP contribution in [0.25, 0.3) is 0 Å². The Morgan fingerprint density at radius 3 is 2.04 bits per heavy atom. The molecule has 1 aliphatic heterocycles. The van der Waals surface area contributed by atoms with Gasteiger partial charge < -0.3 is 10.1 Å². The number of carbonyl (C=O) groups excluding carboxylic acids is 2. The van der Waals surface area contributed by atoms with E-state index >= 15 is 0 Å². The number of sulfonamides is 1. The lowest BCUT2D eigenvalue weighted by Gasteiger charge is -2.28. The lowest BCUT2D eigenvalue weighted by molar-refractivity contribution is -0.124. The number of carbonyl (C=O) groups is 2. The van der Waals surface area contributed by atoms with Crippen LogP contribution >= 0.6 is 0 Å². The summed E-state index contributed by atoms with van der Waals surface area (Å²) in [4.78, 5) is 23.4. The second-order valence-corrected chi connectivity index (χ2v) is 8.55. The van der Waals surface area contributed by atoms with Crippen LogP contribution in [0.2, 0.25) is 0 Å². The van der Waals surface area contributed by atoms with Gasteiger partial charge in [-0.1, -0.05) is 17.7 Å². The van der Waals surface area contributed by atoms with E-state index in [1.54, 1.807) is 12.1 Å². The largest absolute Gasteiger partial charge is 0.457 e. The highest BCUT2D eigenvalue weighted by molar-refractivity contribution is 7.89. The Bertz CT molecular complexity index is 1000. The maximum Gasteiger partial charge on any atom is 0.322 e. The molecule has 2 aromatic rings. The van der Waals surface area contributed by atoms with Crippen LogP contribution < -0.4 is 20.1 Å². The van der Waals surface area contributed by atoms with Crippen molar-refractivity contribution in [3.8, 4) is 11.5 Å². The van der Waals surface area contributed by atoms with Gasteiger partial charge in [-0.25, -0.2) is 17.9 Å². The third kappa shape index (κ3) is 4.00. The molecule has 8 nitrogen and oxygen atoms in total. The fourth-order valence-corrected chi connectivity index (χ4v) is 4.04. The number of rotatable bonds is 6. The predicted molar refractivity (Wildman–Crippen MR) is 103 cm³/mol. The van der Waals surface area contributed by atoms with Crippen LogP contribution in [0.4, 0.5) is 4.79 Å². The molecule has 0 radical (unpaired) electrons. The quantitative estimate of drug-likeness (QED) is 0.639. The summed E-state index contributed by atoms with van der Waals surface area (Å²) in [6, 6.07) is 11.9. The third-order valence-corrected chi connectivity index (χ3v) is 6.22. The maximum atomic E-state index is 12.6. The SMILES string of the molecule is Cc1ccc(Oc2ccc(S(=O)(=O)N[C@H](C)[C@]3(C)NC(=O)NC3=O)cc2)cc1. The summed E-state index contributed by atoms with van der Waals surface area (Å²) in [6.07, 6.45) is 0. The molecule has 3 rings (SSSR count). The summed E-state index contributed by atoms with van der Waals surface area (Å²) in [5.41, 5.74) is -0.270. The molecule has 0 spiro atoms. The smallest absolute Gasteiger partial charge is 0.322 e. The molecule has 2 aromatic carbocycles. The molecule has 1 fully saturated rings. The molecular formula is C19H21N3O5S. The minimum atomic E-state index is -3.91. The van der Waals surface area contributed by atoms with E-state index in [9.17, 15) is 18.0 Å². The van der Waals surface area contributed by atoms with Crippen molar-refractivity contribution in [3.05, 3.63) is 54.1 Å². The van der Waals surface area contributed by atoms with Crippen molar-refractivity contribution in [3.63, 3.8) is 0 Å². The third-order valence-electron chi connectivity index (χ3n) is 4.66. The first-order valence-corrected chi connectivity index (χ1v) is 10.1. The van der Waals surface area contributed by atoms with Gasteiger partial charge in [-0.05, 0) is 57.2 Å². The number of ether oxygens (including phenoxy) is 1. The standard InChI is InChI=1S/C19H21N3O5S/c1-12-4-6-14(7-5-12)27-15-8-10-16(11-9-15)28(25,26)22-13(2)19(3)17(23)20-18(24)21-19/h4-11,13,22H,1-3H3,(H2,20,21,23,24)/t13-,19+/m1/s1. The molecule has 0 aliphatic carbocycles. The number of benzene rings is 2. The minimum absolute atomic E-state index is 0.0175. The Balaban J connectivity index is 1.72. The molecule has 28 heavy (non-hydrogen) atoms. The van der Waals surface area contributed by atoms with Crippen LogP contribution in [0.15, 0.2) is 53.4 Å². The molecule has 1 heterocycles. The molecule has 3 N–H and O–H groups in total. The predicted octanol–water partition coefficient (Wildman–Crippen LogP) is 2.05. The van der Waals surface area contributed by atoms with E-state index in [-0.39, 0.29) is 4.90 Å². The van der Waals surface area contributed by atoms with Crippen molar-refractivity contribution in [2.45, 2.75) is 37.2 Å². The zero-order valence-electron chi connectivity index (χ0n) is 15.6. The number of hydrogen-bond acceptors (Lipinski definition) is 5. The van der Waals surface area contributed by atoms with Gasteiger partial charge in [-0.2, -0.15) is 0 Å². The molecule has 0 aromatic heterocycles. The van der Waals surface area contributed by atoms with Crippen molar-refractivity contribution in [1.82, 2.24) is 15.4 Å². The van der Waals surface area contributed by atoms with E-state index in [0.29, 0.717) is 11.5 Å². The Morgan fingerprint density at radius 2 is 1.54 bits per heavy atom. The molecule has 148 valence electrons. The van der Waals surface area contributed by atoms with E-state index in [4.69, 9.17) is 4.74 Å². The van der Waals surface area contributed by atoms with E-state index in [2.05, 4.69) is 15.4 Å². The topological polar surface area (TPSA) is 114 Å². The number of nitrogens with one attached hydrogen (secondary N) is 3. The van der Waals surface area contributed by atoms with Crippen molar-refractivity contribution < 1.29 is 22.7 Å². The van der Waals surface area contributed by atoms with Gasteiger partial charge >= 0.3 is 6.03 Å². The molecule has 1 aliphatic rings. The average Bonchev–Trinajstić information content (AvgIpc) is 2.90. The van der Waals surface area contributed by atoms with Crippen LogP contribution in [-0.2, 0) is 14.8 Å². The summed E-state index contributed by atoms with van der Waals surface area (Å²) in [7, 11) is -3.91. The van der Waals surface area contributed by atoms with E-state index in [1.165, 1.54) is 26.0 Å². The first kappa shape index (κ1) is 19.8. The normalized spacial score (nSPS) is 20.4. The van der Waals surface area contributed by atoms with Gasteiger partial charge in [0.1, 0.15) is 17.0 Å². The van der Waals surface area contributed by atoms with Gasteiger partial charge in [0.2, 0.25) is 10.0 Å². The molecule has 3 amide bonds. The summed E-state index contributed by atoms with van der Waals surface area (Å²) in [5.74, 6) is 0.545. The van der Waals surface area contributed by atoms with Crippen LogP contribution in [0.5, 0.6) is 11.5 Å². The highest BCUT2D eigenvalue weighted by Crippen LogP contribution is 2.24. The monoisotopic (exact) mass is 403 g/mol. The summed E-state index contributed by atoms with van der Waals surface area (Å²) >= 11 is 0. The minimum Gasteiger partial charge on any atom is -0.457 e. The zero-order valence-corrected chi connectivity index (χ0v) is 16.5. The van der Waals surface area contributed by atoms with E-state index in [0.717, 1.165) is 5.56 Å². The molecule has 9 heteroatoms. The fraction of sp³-hybridized carbons (Fsp3) is 0.263. The Morgan fingerprint density at radius 1 is 1.00 bits per heavy atom. The summed E-state index contributed by atoms with van der Waals surface area (Å²) in [5, 5.41) is 4.56. The number of hydrogen-bond donors (Lipinski definition) is 3. The van der Waals surface area contributed by atoms with Crippen LogP contribution in [0, 0.1) is 6.92 Å². The van der Waals surface area contributed by atoms with Gasteiger partial charge in [0.25, 0.3) is 5.91 Å². The second-order valence-electron chi connectivity index (χ2n) is 6.84. The highest BCUT2D eigenvalue weighted by Gasteiger charge is 2.47. The molecular weight excluding hydrogens is 382 g/mol. The van der Waals surface area contributed by atoms with Gasteiger partial charge in [0.05, 0.1) is 10.9 Å². The van der Waals surface area contributed by atoms with Gasteiger partial charge in [0, 0.05) is 0 Å². The van der Waals surface area contributed by atoms with Gasteiger partial charge in [-0.3, -0.25) is 10.1 Å². The zero-order chi connectivity index (χ0) is 20.5. The Kier molecular flexibility index (Phi) is 5.14. The van der Waals surface area contributed by atoms with Crippen molar-refractivity contribution in [2.75, 3.05) is 0 Å². The number of aryl methyl sites for hydroxylation is 1. The fourth-order valence-electron chi connectivity index (χ4n) is 2.71. The lowest BCUT2D eigenvalue weighted by atomic mass is 9.95. The number of amides is 3. The molecule has 1 saturated heterocycles. The molecule has 0 saturated carbocycles. The molecule has 0 bridgehead atoms. The summed E-state index contributed by atoms with van der Waals surface area (Å²) < 4.78 is 33.4. The second kappa shape index (κ2) is 7.25.